The fourth-order valence-electron chi connectivity index (χ4n) is 1.95. The average Bonchev–Trinajstić information content (AvgIpc) is 2.46. The van der Waals surface area contributed by atoms with Gasteiger partial charge >= 0.3 is 0 Å². The van der Waals surface area contributed by atoms with Crippen LogP contribution in [-0.2, 0) is 0 Å². The lowest BCUT2D eigenvalue weighted by atomic mass is 9.89. The van der Waals surface area contributed by atoms with Crippen molar-refractivity contribution >= 4 is 5.78 Å². The lowest BCUT2D eigenvalue weighted by molar-refractivity contribution is 0.101. The topological polar surface area (TPSA) is 59.3 Å². The smallest absolute Gasteiger partial charge is 0.163 e. The van der Waals surface area contributed by atoms with Crippen molar-refractivity contribution in [3.63, 3.8) is 0 Å². The van der Waals surface area contributed by atoms with E-state index >= 15 is 0 Å². The summed E-state index contributed by atoms with van der Waals surface area (Å²) in [6.45, 7) is 5.91. The summed E-state index contributed by atoms with van der Waals surface area (Å²) in [7, 11) is 1.58. The van der Waals surface area contributed by atoms with E-state index in [1.165, 1.54) is 6.92 Å². The Balaban J connectivity index is 2.55. The normalized spacial score (nSPS) is 10.8. The molecule has 0 heterocycles. The predicted molar refractivity (Wildman–Crippen MR) is 81.7 cm³/mol. The maximum Gasteiger partial charge on any atom is 0.163 e. The molecule has 21 heavy (non-hydrogen) atoms. The van der Waals surface area contributed by atoms with Crippen molar-refractivity contribution in [1.82, 2.24) is 0 Å². The number of nitriles is 1. The molecule has 1 aromatic rings. The van der Waals surface area contributed by atoms with E-state index in [-0.39, 0.29) is 11.2 Å². The molecule has 0 amide bonds. The minimum atomic E-state index is -0.291. The number of Topliss-reactive ketones (excluding diaryl/α,β-unsaturated/α-hetero) is 1. The van der Waals surface area contributed by atoms with Crippen LogP contribution < -0.4 is 9.47 Å². The van der Waals surface area contributed by atoms with E-state index in [4.69, 9.17) is 14.7 Å². The predicted octanol–water partition coefficient (Wildman–Crippen LogP) is 4.00. The molecule has 0 aliphatic heterocycles. The molecule has 0 unspecified atom stereocenters. The number of ether oxygens (including phenoxy) is 2. The van der Waals surface area contributed by atoms with Crippen molar-refractivity contribution in [2.45, 2.75) is 40.0 Å². The van der Waals surface area contributed by atoms with Crippen LogP contribution >= 0.6 is 0 Å². The summed E-state index contributed by atoms with van der Waals surface area (Å²) < 4.78 is 10.9. The fourth-order valence-corrected chi connectivity index (χ4v) is 1.95. The summed E-state index contributed by atoms with van der Waals surface area (Å²) in [4.78, 5) is 11.6. The Bertz CT molecular complexity index is 529. The van der Waals surface area contributed by atoms with Crippen LogP contribution in [0.5, 0.6) is 11.5 Å². The Morgan fingerprint density at radius 2 is 2.05 bits per heavy atom. The van der Waals surface area contributed by atoms with Crippen molar-refractivity contribution in [3.8, 4) is 17.6 Å². The third-order valence-electron chi connectivity index (χ3n) is 3.32. The number of carbonyl (C=O) groups excluding carboxylic acids is 1. The van der Waals surface area contributed by atoms with Gasteiger partial charge in [-0.05, 0) is 52.2 Å². The van der Waals surface area contributed by atoms with Crippen LogP contribution in [0.1, 0.15) is 50.4 Å². The van der Waals surface area contributed by atoms with E-state index in [0.29, 0.717) is 23.7 Å². The third-order valence-corrected chi connectivity index (χ3v) is 3.32. The van der Waals surface area contributed by atoms with Crippen LogP contribution in [0.15, 0.2) is 18.2 Å². The molecule has 0 aliphatic rings. The largest absolute Gasteiger partial charge is 0.497 e. The Kier molecular flexibility index (Phi) is 6.23. The minimum Gasteiger partial charge on any atom is -0.497 e. The number of benzene rings is 1. The highest BCUT2D eigenvalue weighted by Gasteiger charge is 2.15. The highest BCUT2D eigenvalue weighted by atomic mass is 16.5. The molecule has 0 N–H and O–H groups in total. The summed E-state index contributed by atoms with van der Waals surface area (Å²) in [5.74, 6) is 1.19. The average molecular weight is 289 g/mol. The molecule has 0 spiro atoms. The molecule has 1 rings (SSSR count). The summed E-state index contributed by atoms with van der Waals surface area (Å²) in [6.07, 6.45) is 2.60. The van der Waals surface area contributed by atoms with Gasteiger partial charge in [0.1, 0.15) is 11.5 Å². The maximum atomic E-state index is 11.6. The highest BCUT2D eigenvalue weighted by Crippen LogP contribution is 2.26. The first kappa shape index (κ1) is 17.0. The first-order valence-corrected chi connectivity index (χ1v) is 7.12. The molecule has 0 fully saturated rings. The second kappa shape index (κ2) is 7.68. The van der Waals surface area contributed by atoms with Gasteiger partial charge in [0.2, 0.25) is 0 Å². The van der Waals surface area contributed by atoms with E-state index in [1.807, 2.05) is 13.8 Å². The molecule has 0 saturated heterocycles. The first-order chi connectivity index (χ1) is 9.89. The maximum absolute atomic E-state index is 11.6. The van der Waals surface area contributed by atoms with E-state index in [2.05, 4.69) is 6.07 Å². The molecule has 0 aromatic heterocycles. The Morgan fingerprint density at radius 1 is 1.33 bits per heavy atom. The SMILES string of the molecule is COc1ccc(C(C)=O)c(OCCCCC(C)(C)C#N)c1. The summed E-state index contributed by atoms with van der Waals surface area (Å²) in [5, 5.41) is 8.95. The Morgan fingerprint density at radius 3 is 2.62 bits per heavy atom. The molecule has 0 radical (unpaired) electrons. The first-order valence-electron chi connectivity index (χ1n) is 7.12. The standard InChI is InChI=1S/C17H23NO3/c1-13(19)15-8-7-14(20-4)11-16(15)21-10-6-5-9-17(2,3)12-18/h7-8,11H,5-6,9-10H2,1-4H3. The van der Waals surface area contributed by atoms with Gasteiger partial charge in [-0.1, -0.05) is 0 Å². The van der Waals surface area contributed by atoms with Crippen LogP contribution in [-0.4, -0.2) is 19.5 Å². The number of hydrogen-bond acceptors (Lipinski definition) is 4. The lowest BCUT2D eigenvalue weighted by Gasteiger charge is -2.15. The molecule has 114 valence electrons. The van der Waals surface area contributed by atoms with Crippen molar-refractivity contribution in [2.24, 2.45) is 5.41 Å². The summed E-state index contributed by atoms with van der Waals surface area (Å²) in [6, 6.07) is 7.49. The van der Waals surface area contributed by atoms with E-state index in [1.54, 1.807) is 25.3 Å². The number of hydrogen-bond donors (Lipinski definition) is 0. The zero-order valence-electron chi connectivity index (χ0n) is 13.2. The summed E-state index contributed by atoms with van der Waals surface area (Å²) >= 11 is 0. The van der Waals surface area contributed by atoms with E-state index in [9.17, 15) is 4.79 Å². The Labute approximate surface area is 126 Å². The zero-order chi connectivity index (χ0) is 15.9. The van der Waals surface area contributed by atoms with Crippen LogP contribution in [0.4, 0.5) is 0 Å². The van der Waals surface area contributed by atoms with Gasteiger partial charge < -0.3 is 9.47 Å². The molecule has 0 saturated carbocycles. The van der Waals surface area contributed by atoms with Gasteiger partial charge in [-0.2, -0.15) is 5.26 Å². The molecule has 0 atom stereocenters. The monoisotopic (exact) mass is 289 g/mol. The quantitative estimate of drug-likeness (QED) is 0.536. The third kappa shape index (κ3) is 5.47. The lowest BCUT2D eigenvalue weighted by Crippen LogP contribution is -2.09. The number of ketones is 1. The van der Waals surface area contributed by atoms with Gasteiger partial charge in [0.25, 0.3) is 0 Å². The molecular weight excluding hydrogens is 266 g/mol. The zero-order valence-corrected chi connectivity index (χ0v) is 13.2. The fraction of sp³-hybridized carbons (Fsp3) is 0.529. The molecule has 0 aliphatic carbocycles. The van der Waals surface area contributed by atoms with Gasteiger partial charge in [-0.25, -0.2) is 0 Å². The minimum absolute atomic E-state index is 0.0294. The molecule has 4 heteroatoms. The van der Waals surface area contributed by atoms with Crippen molar-refractivity contribution in [2.75, 3.05) is 13.7 Å². The van der Waals surface area contributed by atoms with Crippen molar-refractivity contribution in [1.29, 1.82) is 5.26 Å². The van der Waals surface area contributed by atoms with Gasteiger partial charge in [-0.15, -0.1) is 0 Å². The van der Waals surface area contributed by atoms with Crippen LogP contribution in [0, 0.1) is 16.7 Å². The second-order valence-electron chi connectivity index (χ2n) is 5.72. The van der Waals surface area contributed by atoms with E-state index in [0.717, 1.165) is 19.3 Å². The van der Waals surface area contributed by atoms with Crippen LogP contribution in [0.25, 0.3) is 0 Å². The number of nitrogens with zero attached hydrogens (tertiary/aromatic N) is 1. The number of methoxy groups -OCH3 is 1. The van der Waals surface area contributed by atoms with Crippen LogP contribution in [0.3, 0.4) is 0 Å². The molecule has 0 bridgehead atoms. The van der Waals surface area contributed by atoms with Crippen LogP contribution in [0.2, 0.25) is 0 Å². The number of carbonyl (C=O) groups is 1. The molecular formula is C17H23NO3. The van der Waals surface area contributed by atoms with Gasteiger partial charge in [0.05, 0.1) is 30.8 Å². The van der Waals surface area contributed by atoms with Gasteiger partial charge in [-0.3, -0.25) is 4.79 Å². The van der Waals surface area contributed by atoms with Crippen molar-refractivity contribution in [3.05, 3.63) is 23.8 Å². The van der Waals surface area contributed by atoms with E-state index < -0.39 is 0 Å². The Hall–Kier alpha value is -2.02. The van der Waals surface area contributed by atoms with Crippen molar-refractivity contribution < 1.29 is 14.3 Å². The van der Waals surface area contributed by atoms with Gasteiger partial charge in [0, 0.05) is 6.07 Å². The number of rotatable bonds is 8. The molecule has 1 aromatic carbocycles. The molecule has 4 nitrogen and oxygen atoms in total. The summed E-state index contributed by atoms with van der Waals surface area (Å²) in [5.41, 5.74) is 0.272. The highest BCUT2D eigenvalue weighted by molar-refractivity contribution is 5.97. The second-order valence-corrected chi connectivity index (χ2v) is 5.72. The number of unbranched alkanes of at least 4 members (excludes halogenated alkanes) is 1. The van der Waals surface area contributed by atoms with Gasteiger partial charge in [0.15, 0.2) is 5.78 Å².